The highest BCUT2D eigenvalue weighted by atomic mass is 35.6. The van der Waals surface area contributed by atoms with E-state index in [4.69, 9.17) is 34.8 Å². The molecule has 1 N–H and O–H groups in total. The molecule has 0 aromatic heterocycles. The summed E-state index contributed by atoms with van der Waals surface area (Å²) in [4.78, 5) is 13.8. The molecule has 1 heterocycles. The fourth-order valence-corrected chi connectivity index (χ4v) is 2.70. The zero-order valence-corrected chi connectivity index (χ0v) is 13.0. The molecule has 0 aromatic carbocycles. The van der Waals surface area contributed by atoms with Gasteiger partial charge < -0.3 is 5.32 Å². The van der Waals surface area contributed by atoms with Gasteiger partial charge in [-0.3, -0.25) is 9.69 Å². The van der Waals surface area contributed by atoms with Gasteiger partial charge in [-0.15, -0.1) is 0 Å². The number of nitrogens with one attached hydrogen (secondary N) is 1. The van der Waals surface area contributed by atoms with Crippen molar-refractivity contribution < 1.29 is 4.79 Å². The van der Waals surface area contributed by atoms with Crippen molar-refractivity contribution in [2.24, 2.45) is 0 Å². The summed E-state index contributed by atoms with van der Waals surface area (Å²) in [6, 6.07) is 0. The van der Waals surface area contributed by atoms with E-state index >= 15 is 0 Å². The number of likely N-dealkylation sites (tertiary alicyclic amines) is 1. The second-order valence-corrected chi connectivity index (χ2v) is 7.08. The lowest BCUT2D eigenvalue weighted by Gasteiger charge is -2.38. The van der Waals surface area contributed by atoms with Crippen molar-refractivity contribution in [1.82, 2.24) is 10.2 Å². The molecule has 6 heteroatoms. The quantitative estimate of drug-likeness (QED) is 0.788. The Morgan fingerprint density at radius 3 is 2.39 bits per heavy atom. The number of carbonyl (C=O) groups excluding carboxylic acids is 1. The number of carbonyl (C=O) groups is 1. The maximum Gasteiger partial charge on any atom is 0.223 e. The number of hydrogen-bond acceptors (Lipinski definition) is 2. The smallest absolute Gasteiger partial charge is 0.223 e. The first-order valence-electron chi connectivity index (χ1n) is 6.55. The lowest BCUT2D eigenvalue weighted by Crippen LogP contribution is -2.56. The van der Waals surface area contributed by atoms with Crippen molar-refractivity contribution in [2.45, 2.75) is 55.4 Å². The lowest BCUT2D eigenvalue weighted by atomic mass is 10.1. The van der Waals surface area contributed by atoms with E-state index in [9.17, 15) is 4.79 Å². The minimum Gasteiger partial charge on any atom is -0.337 e. The Hall–Kier alpha value is 0.300. The highest BCUT2D eigenvalue weighted by molar-refractivity contribution is 6.68. The normalized spacial score (nSPS) is 19.6. The molecule has 3 nitrogen and oxygen atoms in total. The van der Waals surface area contributed by atoms with Crippen LogP contribution in [0, 0.1) is 0 Å². The molecule has 0 spiro atoms. The van der Waals surface area contributed by atoms with E-state index in [0.29, 0.717) is 6.42 Å². The van der Waals surface area contributed by atoms with Gasteiger partial charge in [-0.25, -0.2) is 0 Å². The van der Waals surface area contributed by atoms with Gasteiger partial charge in [-0.2, -0.15) is 0 Å². The third-order valence-electron chi connectivity index (χ3n) is 3.12. The Bertz CT molecular complexity index is 263. The monoisotopic (exact) mass is 314 g/mol. The summed E-state index contributed by atoms with van der Waals surface area (Å²) in [6.07, 6.45) is 5.18. The molecule has 1 aliphatic rings. The molecule has 1 rings (SSSR count). The molecule has 1 atom stereocenters. The first-order valence-corrected chi connectivity index (χ1v) is 7.68. The summed E-state index contributed by atoms with van der Waals surface area (Å²) in [7, 11) is 0. The number of halogens is 3. The van der Waals surface area contributed by atoms with Crippen molar-refractivity contribution in [1.29, 1.82) is 0 Å². The molecule has 0 bridgehead atoms. The molecule has 0 aromatic rings. The number of rotatable bonds is 5. The van der Waals surface area contributed by atoms with Crippen molar-refractivity contribution in [3.63, 3.8) is 0 Å². The lowest BCUT2D eigenvalue weighted by molar-refractivity contribution is -0.123. The molecule has 1 fully saturated rings. The van der Waals surface area contributed by atoms with Crippen LogP contribution in [0.5, 0.6) is 0 Å². The standard InChI is InChI=1S/C12H21Cl3N2O/c1-2-3-7-10(18)16-11(12(13,14)15)17-8-5-4-6-9-17/h11H,2-9H2,1H3,(H,16,18)/t11-/m0/s1. The van der Waals surface area contributed by atoms with Crippen molar-refractivity contribution >= 4 is 40.7 Å². The molecule has 18 heavy (non-hydrogen) atoms. The molecule has 0 aliphatic carbocycles. The second-order valence-electron chi connectivity index (χ2n) is 4.71. The van der Waals surface area contributed by atoms with Crippen LogP contribution in [0.25, 0.3) is 0 Å². The van der Waals surface area contributed by atoms with Crippen LogP contribution in [0.4, 0.5) is 0 Å². The second kappa shape index (κ2) is 7.78. The summed E-state index contributed by atoms with van der Waals surface area (Å²) in [5.74, 6) is -0.0428. The fraction of sp³-hybridized carbons (Fsp3) is 0.917. The summed E-state index contributed by atoms with van der Waals surface area (Å²) in [5.41, 5.74) is 0. The average molecular weight is 316 g/mol. The third kappa shape index (κ3) is 5.52. The highest BCUT2D eigenvalue weighted by Gasteiger charge is 2.38. The molecular formula is C12H21Cl3N2O. The molecule has 0 saturated carbocycles. The summed E-state index contributed by atoms with van der Waals surface area (Å²) in [5, 5.41) is 2.85. The Balaban J connectivity index is 2.58. The van der Waals surface area contributed by atoms with Crippen LogP contribution in [0.15, 0.2) is 0 Å². The van der Waals surface area contributed by atoms with Crippen LogP contribution >= 0.6 is 34.8 Å². The zero-order chi connectivity index (χ0) is 13.6. The number of hydrogen-bond donors (Lipinski definition) is 1. The predicted molar refractivity (Wildman–Crippen MR) is 77.2 cm³/mol. The summed E-state index contributed by atoms with van der Waals surface area (Å²) in [6.45, 7) is 3.78. The van der Waals surface area contributed by atoms with Crippen molar-refractivity contribution in [3.8, 4) is 0 Å². The van der Waals surface area contributed by atoms with Gasteiger partial charge >= 0.3 is 0 Å². The summed E-state index contributed by atoms with van der Waals surface area (Å²) >= 11 is 18.0. The number of unbranched alkanes of at least 4 members (excludes halogenated alkanes) is 1. The van der Waals surface area contributed by atoms with Gasteiger partial charge in [-0.05, 0) is 19.3 Å². The zero-order valence-electron chi connectivity index (χ0n) is 10.7. The maximum atomic E-state index is 11.8. The van der Waals surface area contributed by atoms with E-state index in [2.05, 4.69) is 10.2 Å². The van der Waals surface area contributed by atoms with Crippen LogP contribution < -0.4 is 5.32 Å². The Morgan fingerprint density at radius 2 is 1.89 bits per heavy atom. The largest absolute Gasteiger partial charge is 0.337 e. The van der Waals surface area contributed by atoms with E-state index in [1.165, 1.54) is 6.42 Å². The summed E-state index contributed by atoms with van der Waals surface area (Å²) < 4.78 is -1.49. The van der Waals surface area contributed by atoms with Gasteiger partial charge in [0.15, 0.2) is 0 Å². The minimum absolute atomic E-state index is 0.0428. The average Bonchev–Trinajstić information content (AvgIpc) is 2.33. The number of nitrogens with zero attached hydrogens (tertiary/aromatic N) is 1. The van der Waals surface area contributed by atoms with E-state index in [1.54, 1.807) is 0 Å². The molecule has 1 aliphatic heterocycles. The number of alkyl halides is 3. The minimum atomic E-state index is -1.49. The molecule has 0 radical (unpaired) electrons. The van der Waals surface area contributed by atoms with Crippen LogP contribution in [0.1, 0.15) is 45.4 Å². The third-order valence-corrected chi connectivity index (χ3v) is 3.74. The first kappa shape index (κ1) is 16.4. The Labute approximate surface area is 124 Å². The first-order chi connectivity index (χ1) is 8.45. The molecule has 1 saturated heterocycles. The Morgan fingerprint density at radius 1 is 1.28 bits per heavy atom. The Kier molecular flexibility index (Phi) is 7.07. The van der Waals surface area contributed by atoms with E-state index in [-0.39, 0.29) is 5.91 Å². The number of amides is 1. The molecule has 1 amide bonds. The van der Waals surface area contributed by atoms with Gasteiger partial charge in [0.05, 0.1) is 0 Å². The molecular weight excluding hydrogens is 295 g/mol. The number of piperidine rings is 1. The van der Waals surface area contributed by atoms with E-state index in [1.807, 2.05) is 6.92 Å². The van der Waals surface area contributed by atoms with Crippen LogP contribution in [-0.4, -0.2) is 33.9 Å². The van der Waals surface area contributed by atoms with E-state index < -0.39 is 9.96 Å². The van der Waals surface area contributed by atoms with E-state index in [0.717, 1.165) is 38.8 Å². The van der Waals surface area contributed by atoms with Crippen molar-refractivity contribution in [3.05, 3.63) is 0 Å². The van der Waals surface area contributed by atoms with Gasteiger partial charge in [0.25, 0.3) is 0 Å². The molecule has 0 unspecified atom stereocenters. The predicted octanol–water partition coefficient (Wildman–Crippen LogP) is 3.48. The van der Waals surface area contributed by atoms with Crippen LogP contribution in [0.2, 0.25) is 0 Å². The maximum absolute atomic E-state index is 11.8. The van der Waals surface area contributed by atoms with Gasteiger partial charge in [0.2, 0.25) is 9.70 Å². The topological polar surface area (TPSA) is 32.3 Å². The fourth-order valence-electron chi connectivity index (χ4n) is 2.12. The molecule has 106 valence electrons. The highest BCUT2D eigenvalue weighted by Crippen LogP contribution is 2.33. The van der Waals surface area contributed by atoms with Crippen molar-refractivity contribution in [2.75, 3.05) is 13.1 Å². The van der Waals surface area contributed by atoms with Gasteiger partial charge in [0.1, 0.15) is 6.17 Å². The van der Waals surface area contributed by atoms with Gasteiger partial charge in [0, 0.05) is 19.5 Å². The van der Waals surface area contributed by atoms with Gasteiger partial charge in [-0.1, -0.05) is 54.6 Å². The van der Waals surface area contributed by atoms with Crippen LogP contribution in [0.3, 0.4) is 0 Å². The SMILES string of the molecule is CCCCC(=O)N[C@@H](N1CCCCC1)C(Cl)(Cl)Cl. The van der Waals surface area contributed by atoms with Crippen LogP contribution in [-0.2, 0) is 4.79 Å².